The number of anilines is 1. The smallest absolute Gasteiger partial charge is 0.232 e. The molecule has 1 heterocycles. The highest BCUT2D eigenvalue weighted by molar-refractivity contribution is 5.92. The average molecular weight is 338 g/mol. The van der Waals surface area contributed by atoms with Crippen LogP contribution >= 0.6 is 0 Å². The fourth-order valence-electron chi connectivity index (χ4n) is 2.58. The number of aromatic nitrogens is 3. The second kappa shape index (κ2) is 7.25. The zero-order valence-electron chi connectivity index (χ0n) is 14.1. The van der Waals surface area contributed by atoms with Gasteiger partial charge in [-0.15, -0.1) is 0 Å². The Morgan fingerprint density at radius 3 is 2.84 bits per heavy atom. The molecule has 0 aliphatic carbocycles. The number of nitrogens with zero attached hydrogens (tertiary/aromatic N) is 2. The largest absolute Gasteiger partial charge is 0.325 e. The second-order valence-corrected chi connectivity index (χ2v) is 6.05. The van der Waals surface area contributed by atoms with E-state index in [2.05, 4.69) is 26.6 Å². The van der Waals surface area contributed by atoms with E-state index in [1.165, 1.54) is 17.7 Å². The molecule has 128 valence electrons. The quantitative estimate of drug-likeness (QED) is 0.749. The molecule has 3 rings (SSSR count). The van der Waals surface area contributed by atoms with Crippen LogP contribution in [-0.2, 0) is 17.6 Å². The first-order valence-electron chi connectivity index (χ1n) is 8.01. The predicted octanol–water partition coefficient (Wildman–Crippen LogP) is 3.33. The standard InChI is InChI=1S/C19H19FN4O/c1-12-4-3-5-14(8-12)9-17-22-18(24-23-17)11-19(25)21-16-10-15(20)7-6-13(16)2/h3-8,10H,9,11H2,1-2H3,(H,21,25)(H,22,23,24). The van der Waals surface area contributed by atoms with Crippen molar-refractivity contribution in [2.45, 2.75) is 26.7 Å². The van der Waals surface area contributed by atoms with Crippen molar-refractivity contribution in [1.82, 2.24) is 15.2 Å². The minimum atomic E-state index is -0.390. The summed E-state index contributed by atoms with van der Waals surface area (Å²) < 4.78 is 13.3. The summed E-state index contributed by atoms with van der Waals surface area (Å²) >= 11 is 0. The van der Waals surface area contributed by atoms with E-state index < -0.39 is 0 Å². The van der Waals surface area contributed by atoms with Gasteiger partial charge in [-0.2, -0.15) is 5.10 Å². The molecule has 0 aliphatic rings. The zero-order chi connectivity index (χ0) is 17.8. The molecule has 0 unspecified atom stereocenters. The van der Waals surface area contributed by atoms with Crippen molar-refractivity contribution in [2.24, 2.45) is 0 Å². The van der Waals surface area contributed by atoms with Crippen molar-refractivity contribution in [2.75, 3.05) is 5.32 Å². The van der Waals surface area contributed by atoms with Crippen LogP contribution in [0.4, 0.5) is 10.1 Å². The van der Waals surface area contributed by atoms with Crippen LogP contribution in [0.3, 0.4) is 0 Å². The number of carbonyl (C=O) groups excluding carboxylic acids is 1. The fourth-order valence-corrected chi connectivity index (χ4v) is 2.58. The lowest BCUT2D eigenvalue weighted by Gasteiger charge is -2.07. The summed E-state index contributed by atoms with van der Waals surface area (Å²) in [5.41, 5.74) is 3.56. The van der Waals surface area contributed by atoms with Gasteiger partial charge in [0, 0.05) is 12.1 Å². The zero-order valence-corrected chi connectivity index (χ0v) is 14.1. The molecule has 0 radical (unpaired) electrons. The minimum Gasteiger partial charge on any atom is -0.325 e. The molecule has 0 aliphatic heterocycles. The summed E-state index contributed by atoms with van der Waals surface area (Å²) in [5, 5.41) is 9.64. The van der Waals surface area contributed by atoms with Crippen LogP contribution in [0, 0.1) is 19.7 Å². The number of H-pyrrole nitrogens is 1. The Kier molecular flexibility index (Phi) is 4.88. The van der Waals surface area contributed by atoms with E-state index in [0.29, 0.717) is 23.8 Å². The van der Waals surface area contributed by atoms with Gasteiger partial charge in [-0.25, -0.2) is 9.37 Å². The van der Waals surface area contributed by atoms with Crippen LogP contribution in [0.2, 0.25) is 0 Å². The molecular weight excluding hydrogens is 319 g/mol. The molecule has 1 amide bonds. The number of nitrogens with one attached hydrogen (secondary N) is 2. The van der Waals surface area contributed by atoms with Crippen LogP contribution in [0.1, 0.15) is 28.3 Å². The van der Waals surface area contributed by atoms with E-state index in [0.717, 1.165) is 11.1 Å². The SMILES string of the molecule is Cc1cccc(Cc2nc(CC(=O)Nc3cc(F)ccc3C)n[nH]2)c1. The molecule has 0 saturated carbocycles. The summed E-state index contributed by atoms with van der Waals surface area (Å²) in [4.78, 5) is 16.5. The van der Waals surface area contributed by atoms with E-state index in [4.69, 9.17) is 0 Å². The van der Waals surface area contributed by atoms with Crippen LogP contribution in [0.25, 0.3) is 0 Å². The summed E-state index contributed by atoms with van der Waals surface area (Å²) in [6, 6.07) is 12.4. The summed E-state index contributed by atoms with van der Waals surface area (Å²) in [6.45, 7) is 3.84. The monoisotopic (exact) mass is 338 g/mol. The van der Waals surface area contributed by atoms with Gasteiger partial charge < -0.3 is 5.32 Å². The highest BCUT2D eigenvalue weighted by Crippen LogP contribution is 2.16. The van der Waals surface area contributed by atoms with Crippen molar-refractivity contribution in [3.8, 4) is 0 Å². The molecule has 5 nitrogen and oxygen atoms in total. The van der Waals surface area contributed by atoms with E-state index >= 15 is 0 Å². The van der Waals surface area contributed by atoms with Crippen molar-refractivity contribution in [1.29, 1.82) is 0 Å². The molecule has 2 N–H and O–H groups in total. The predicted molar refractivity (Wildman–Crippen MR) is 93.8 cm³/mol. The molecule has 3 aromatic rings. The molecule has 0 bridgehead atoms. The summed E-state index contributed by atoms with van der Waals surface area (Å²) in [5.74, 6) is 0.443. The lowest BCUT2D eigenvalue weighted by Crippen LogP contribution is -2.16. The molecule has 0 saturated heterocycles. The summed E-state index contributed by atoms with van der Waals surface area (Å²) in [7, 11) is 0. The molecule has 0 atom stereocenters. The van der Waals surface area contributed by atoms with Crippen LogP contribution < -0.4 is 5.32 Å². The number of amides is 1. The van der Waals surface area contributed by atoms with E-state index in [1.54, 1.807) is 6.07 Å². The normalized spacial score (nSPS) is 10.7. The van der Waals surface area contributed by atoms with Gasteiger partial charge in [-0.1, -0.05) is 35.9 Å². The lowest BCUT2D eigenvalue weighted by molar-refractivity contribution is -0.115. The molecular formula is C19H19FN4O. The van der Waals surface area contributed by atoms with E-state index in [1.807, 2.05) is 32.0 Å². The van der Waals surface area contributed by atoms with Gasteiger partial charge in [0.1, 0.15) is 11.6 Å². The number of halogens is 1. The number of aromatic amines is 1. The van der Waals surface area contributed by atoms with E-state index in [-0.39, 0.29) is 18.1 Å². The highest BCUT2D eigenvalue weighted by atomic mass is 19.1. The maximum atomic E-state index is 13.3. The third kappa shape index (κ3) is 4.50. The number of hydrogen-bond acceptors (Lipinski definition) is 3. The van der Waals surface area contributed by atoms with Gasteiger partial charge in [0.15, 0.2) is 5.82 Å². The van der Waals surface area contributed by atoms with Gasteiger partial charge >= 0.3 is 0 Å². The number of hydrogen-bond donors (Lipinski definition) is 2. The van der Waals surface area contributed by atoms with Crippen molar-refractivity contribution in [3.05, 3.63) is 76.6 Å². The first-order chi connectivity index (χ1) is 12.0. The minimum absolute atomic E-state index is 0.0280. The first-order valence-corrected chi connectivity index (χ1v) is 8.01. The third-order valence-corrected chi connectivity index (χ3v) is 3.82. The highest BCUT2D eigenvalue weighted by Gasteiger charge is 2.11. The molecule has 25 heavy (non-hydrogen) atoms. The Balaban J connectivity index is 1.62. The van der Waals surface area contributed by atoms with Gasteiger partial charge in [-0.05, 0) is 37.1 Å². The van der Waals surface area contributed by atoms with Gasteiger partial charge in [0.05, 0.1) is 6.42 Å². The molecule has 0 spiro atoms. The van der Waals surface area contributed by atoms with Crippen LogP contribution in [0.15, 0.2) is 42.5 Å². The lowest BCUT2D eigenvalue weighted by atomic mass is 10.1. The Labute approximate surface area is 145 Å². The van der Waals surface area contributed by atoms with Crippen molar-refractivity contribution < 1.29 is 9.18 Å². The van der Waals surface area contributed by atoms with Gasteiger partial charge in [0.25, 0.3) is 0 Å². The fraction of sp³-hybridized carbons (Fsp3) is 0.211. The topological polar surface area (TPSA) is 70.7 Å². The Bertz CT molecular complexity index is 904. The van der Waals surface area contributed by atoms with Crippen LogP contribution in [0.5, 0.6) is 0 Å². The first kappa shape index (κ1) is 16.8. The third-order valence-electron chi connectivity index (χ3n) is 3.82. The summed E-state index contributed by atoms with van der Waals surface area (Å²) in [6.07, 6.45) is 0.652. The Morgan fingerprint density at radius 1 is 1.20 bits per heavy atom. The van der Waals surface area contributed by atoms with Gasteiger partial charge in [0.2, 0.25) is 5.91 Å². The Hall–Kier alpha value is -3.02. The number of aryl methyl sites for hydroxylation is 2. The average Bonchev–Trinajstić information content (AvgIpc) is 2.97. The molecule has 1 aromatic heterocycles. The van der Waals surface area contributed by atoms with Crippen molar-refractivity contribution in [3.63, 3.8) is 0 Å². The van der Waals surface area contributed by atoms with Crippen LogP contribution in [-0.4, -0.2) is 21.1 Å². The molecule has 6 heteroatoms. The van der Waals surface area contributed by atoms with Crippen molar-refractivity contribution >= 4 is 11.6 Å². The molecule has 0 fully saturated rings. The second-order valence-electron chi connectivity index (χ2n) is 6.05. The van der Waals surface area contributed by atoms with Gasteiger partial charge in [-0.3, -0.25) is 9.89 Å². The number of rotatable bonds is 5. The maximum absolute atomic E-state index is 13.3. The molecule has 2 aromatic carbocycles. The van der Waals surface area contributed by atoms with E-state index in [9.17, 15) is 9.18 Å². The Morgan fingerprint density at radius 2 is 2.04 bits per heavy atom. The number of benzene rings is 2. The maximum Gasteiger partial charge on any atom is 0.232 e. The number of carbonyl (C=O) groups is 1.